The number of halogens is 1. The predicted octanol–water partition coefficient (Wildman–Crippen LogP) is 1.74. The standard InChI is InChI=1S/C14H12ClN3O3S/c1-22(20,21)14-16-8-10(15)12(17-14)13(19)18-7-6-9-4-2-3-5-11(9)18/h2-5,8H,6-7H2,1H3. The molecule has 0 aliphatic carbocycles. The summed E-state index contributed by atoms with van der Waals surface area (Å²) in [6.07, 6.45) is 2.86. The number of aromatic nitrogens is 2. The summed E-state index contributed by atoms with van der Waals surface area (Å²) in [5.74, 6) is -0.428. The Morgan fingerprint density at radius 2 is 2.05 bits per heavy atom. The average Bonchev–Trinajstić information content (AvgIpc) is 2.89. The van der Waals surface area contributed by atoms with Gasteiger partial charge in [-0.1, -0.05) is 29.8 Å². The molecule has 0 unspecified atom stereocenters. The summed E-state index contributed by atoms with van der Waals surface area (Å²) in [7, 11) is -3.61. The number of hydrogen-bond acceptors (Lipinski definition) is 5. The van der Waals surface area contributed by atoms with E-state index in [2.05, 4.69) is 9.97 Å². The van der Waals surface area contributed by atoms with Gasteiger partial charge >= 0.3 is 0 Å². The van der Waals surface area contributed by atoms with Gasteiger partial charge in [0.25, 0.3) is 5.91 Å². The van der Waals surface area contributed by atoms with Crippen LogP contribution in [-0.4, -0.2) is 37.1 Å². The van der Waals surface area contributed by atoms with Gasteiger partial charge in [0.05, 0.1) is 11.2 Å². The fourth-order valence-corrected chi connectivity index (χ4v) is 3.03. The summed E-state index contributed by atoms with van der Waals surface area (Å²) < 4.78 is 23.1. The van der Waals surface area contributed by atoms with Crippen molar-refractivity contribution in [2.24, 2.45) is 0 Å². The second kappa shape index (κ2) is 5.33. The molecular formula is C14H12ClN3O3S. The molecule has 6 nitrogen and oxygen atoms in total. The van der Waals surface area contributed by atoms with Gasteiger partial charge in [-0.05, 0) is 18.1 Å². The quantitative estimate of drug-likeness (QED) is 0.780. The SMILES string of the molecule is CS(=O)(=O)c1ncc(Cl)c(C(=O)N2CCc3ccccc32)n1. The van der Waals surface area contributed by atoms with E-state index in [0.29, 0.717) is 6.54 Å². The molecule has 114 valence electrons. The highest BCUT2D eigenvalue weighted by atomic mass is 35.5. The summed E-state index contributed by atoms with van der Waals surface area (Å²) in [6, 6.07) is 7.54. The molecule has 0 bridgehead atoms. The second-order valence-corrected chi connectivity index (χ2v) is 7.27. The summed E-state index contributed by atoms with van der Waals surface area (Å²) in [6.45, 7) is 0.507. The number of para-hydroxylation sites is 1. The molecule has 0 fully saturated rings. The maximum absolute atomic E-state index is 12.7. The van der Waals surface area contributed by atoms with Crippen molar-refractivity contribution in [3.8, 4) is 0 Å². The fourth-order valence-electron chi connectivity index (χ4n) is 2.36. The van der Waals surface area contributed by atoms with Crippen LogP contribution in [0.4, 0.5) is 5.69 Å². The number of carbonyl (C=O) groups is 1. The van der Waals surface area contributed by atoms with Crippen LogP contribution in [0, 0.1) is 0 Å². The van der Waals surface area contributed by atoms with Gasteiger partial charge in [-0.25, -0.2) is 18.4 Å². The number of carbonyl (C=O) groups excluding carboxylic acids is 1. The van der Waals surface area contributed by atoms with Crippen molar-refractivity contribution < 1.29 is 13.2 Å². The maximum atomic E-state index is 12.7. The first-order chi connectivity index (χ1) is 10.4. The number of nitrogens with zero attached hydrogens (tertiary/aromatic N) is 3. The van der Waals surface area contributed by atoms with Crippen molar-refractivity contribution >= 4 is 33.0 Å². The molecule has 0 spiro atoms. The maximum Gasteiger partial charge on any atom is 0.278 e. The van der Waals surface area contributed by atoms with Crippen molar-refractivity contribution in [1.29, 1.82) is 0 Å². The average molecular weight is 338 g/mol. The molecule has 0 atom stereocenters. The predicted molar refractivity (Wildman–Crippen MR) is 82.0 cm³/mol. The smallest absolute Gasteiger partial charge is 0.278 e. The lowest BCUT2D eigenvalue weighted by molar-refractivity contribution is 0.0984. The minimum absolute atomic E-state index is 0.0294. The number of benzene rings is 1. The minimum atomic E-state index is -3.61. The Balaban J connectivity index is 2.04. The molecule has 1 amide bonds. The van der Waals surface area contributed by atoms with Crippen molar-refractivity contribution in [3.63, 3.8) is 0 Å². The molecule has 2 aromatic rings. The highest BCUT2D eigenvalue weighted by Gasteiger charge is 2.28. The zero-order valence-corrected chi connectivity index (χ0v) is 13.2. The fraction of sp³-hybridized carbons (Fsp3) is 0.214. The van der Waals surface area contributed by atoms with E-state index >= 15 is 0 Å². The molecule has 1 aliphatic heterocycles. The highest BCUT2D eigenvalue weighted by Crippen LogP contribution is 2.29. The van der Waals surface area contributed by atoms with E-state index in [9.17, 15) is 13.2 Å². The van der Waals surface area contributed by atoms with E-state index in [-0.39, 0.29) is 10.7 Å². The van der Waals surface area contributed by atoms with E-state index in [1.54, 1.807) is 4.90 Å². The third-order valence-corrected chi connectivity index (χ3v) is 4.53. The highest BCUT2D eigenvalue weighted by molar-refractivity contribution is 7.90. The Labute approximate surface area is 132 Å². The van der Waals surface area contributed by atoms with Gasteiger partial charge in [0.2, 0.25) is 15.0 Å². The van der Waals surface area contributed by atoms with Crippen LogP contribution in [0.5, 0.6) is 0 Å². The molecule has 2 heterocycles. The van der Waals surface area contributed by atoms with Crippen LogP contribution < -0.4 is 4.90 Å². The molecule has 8 heteroatoms. The minimum Gasteiger partial charge on any atom is -0.306 e. The number of amides is 1. The number of sulfone groups is 1. The largest absolute Gasteiger partial charge is 0.306 e. The summed E-state index contributed by atoms with van der Waals surface area (Å²) in [5.41, 5.74) is 1.75. The molecule has 1 aromatic carbocycles. The first-order valence-electron chi connectivity index (χ1n) is 6.50. The zero-order valence-electron chi connectivity index (χ0n) is 11.7. The monoisotopic (exact) mass is 337 g/mol. The van der Waals surface area contributed by atoms with Gasteiger partial charge in [-0.2, -0.15) is 0 Å². The number of rotatable bonds is 2. The topological polar surface area (TPSA) is 80.2 Å². The second-order valence-electron chi connectivity index (χ2n) is 4.96. The van der Waals surface area contributed by atoms with Gasteiger partial charge in [0.1, 0.15) is 0 Å². The van der Waals surface area contributed by atoms with E-state index in [0.717, 1.165) is 30.1 Å². The van der Waals surface area contributed by atoms with Gasteiger partial charge in [0, 0.05) is 18.5 Å². The molecular weight excluding hydrogens is 326 g/mol. The van der Waals surface area contributed by atoms with E-state index in [1.807, 2.05) is 24.3 Å². The van der Waals surface area contributed by atoms with Gasteiger partial charge in [-0.15, -0.1) is 0 Å². The number of hydrogen-bond donors (Lipinski definition) is 0. The van der Waals surface area contributed by atoms with Crippen LogP contribution in [0.1, 0.15) is 16.1 Å². The van der Waals surface area contributed by atoms with Crippen LogP contribution in [0.2, 0.25) is 5.02 Å². The first kappa shape index (κ1) is 14.9. The van der Waals surface area contributed by atoms with Crippen LogP contribution in [-0.2, 0) is 16.3 Å². The van der Waals surface area contributed by atoms with Crippen molar-refractivity contribution in [2.45, 2.75) is 11.6 Å². The van der Waals surface area contributed by atoms with Crippen LogP contribution in [0.15, 0.2) is 35.6 Å². The normalized spacial score (nSPS) is 14.0. The van der Waals surface area contributed by atoms with Crippen LogP contribution in [0.25, 0.3) is 0 Å². The Bertz CT molecular complexity index is 867. The summed E-state index contributed by atoms with van der Waals surface area (Å²) in [5, 5.41) is -0.380. The number of anilines is 1. The molecule has 0 radical (unpaired) electrons. The molecule has 0 saturated heterocycles. The lowest BCUT2D eigenvalue weighted by Gasteiger charge is -2.17. The van der Waals surface area contributed by atoms with Crippen molar-refractivity contribution in [3.05, 3.63) is 46.7 Å². The molecule has 0 saturated carbocycles. The third kappa shape index (κ3) is 2.57. The lowest BCUT2D eigenvalue weighted by Crippen LogP contribution is -2.30. The first-order valence-corrected chi connectivity index (χ1v) is 8.77. The summed E-state index contributed by atoms with van der Waals surface area (Å²) >= 11 is 5.98. The van der Waals surface area contributed by atoms with Gasteiger partial charge in [0.15, 0.2) is 5.69 Å². The number of fused-ring (bicyclic) bond motifs is 1. The molecule has 3 rings (SSSR count). The Morgan fingerprint density at radius 3 is 2.77 bits per heavy atom. The van der Waals surface area contributed by atoms with E-state index in [4.69, 9.17) is 11.6 Å². The van der Waals surface area contributed by atoms with E-state index < -0.39 is 20.9 Å². The molecule has 22 heavy (non-hydrogen) atoms. The van der Waals surface area contributed by atoms with Crippen molar-refractivity contribution in [1.82, 2.24) is 9.97 Å². The van der Waals surface area contributed by atoms with Crippen molar-refractivity contribution in [2.75, 3.05) is 17.7 Å². The lowest BCUT2D eigenvalue weighted by atomic mass is 10.2. The molecule has 1 aliphatic rings. The third-order valence-electron chi connectivity index (χ3n) is 3.39. The Hall–Kier alpha value is -1.99. The Kier molecular flexibility index (Phi) is 3.62. The van der Waals surface area contributed by atoms with Gasteiger partial charge < -0.3 is 4.90 Å². The van der Waals surface area contributed by atoms with Crippen LogP contribution in [0.3, 0.4) is 0 Å². The Morgan fingerprint density at radius 1 is 1.32 bits per heavy atom. The van der Waals surface area contributed by atoms with Crippen LogP contribution >= 0.6 is 11.6 Å². The van der Waals surface area contributed by atoms with E-state index in [1.165, 1.54) is 0 Å². The summed E-state index contributed by atoms with van der Waals surface area (Å²) in [4.78, 5) is 21.7. The van der Waals surface area contributed by atoms with Gasteiger partial charge in [-0.3, -0.25) is 4.79 Å². The zero-order chi connectivity index (χ0) is 15.9. The molecule has 1 aromatic heterocycles. The molecule has 0 N–H and O–H groups in total.